The number of carbonyl (C=O) groups is 2. The molecule has 9 heteroatoms. The molecule has 0 aliphatic carbocycles. The molecule has 0 heterocycles. The number of nitrogens with one attached hydrogen (secondary N) is 3. The molecule has 3 aromatic rings. The van der Waals surface area contributed by atoms with E-state index in [1.54, 1.807) is 36.4 Å². The second-order valence-corrected chi connectivity index (χ2v) is 9.78. The second kappa shape index (κ2) is 10.8. The topological polar surface area (TPSA) is 114 Å². The van der Waals surface area contributed by atoms with Crippen LogP contribution in [0.3, 0.4) is 0 Å². The molecule has 2 amide bonds. The van der Waals surface area contributed by atoms with Gasteiger partial charge in [-0.1, -0.05) is 38.1 Å². The molecule has 0 aliphatic rings. The van der Waals surface area contributed by atoms with Crippen molar-refractivity contribution in [1.29, 1.82) is 0 Å². The molecule has 0 fully saturated rings. The van der Waals surface area contributed by atoms with Gasteiger partial charge in [0.05, 0.1) is 17.2 Å². The maximum absolute atomic E-state index is 12.7. The number of benzene rings is 3. The lowest BCUT2D eigenvalue weighted by atomic mass is 10.2. The summed E-state index contributed by atoms with van der Waals surface area (Å²) >= 11 is 0. The van der Waals surface area contributed by atoms with Crippen molar-refractivity contribution in [2.45, 2.75) is 25.7 Å². The van der Waals surface area contributed by atoms with Crippen LogP contribution in [0.25, 0.3) is 0 Å². The standard InChI is InChI=1S/C25H27N3O5S/c1-17(2)16-33-25(30)27-21-9-6-8-20(15-21)26-24(29)19-11-13-22(14-12-19)34(31,32)28-23-10-5-4-7-18(23)3/h4-15,17,28H,16H2,1-3H3,(H,26,29)(H,27,30). The molecule has 0 aromatic heterocycles. The van der Waals surface area contributed by atoms with Gasteiger partial charge in [-0.25, -0.2) is 13.2 Å². The molecule has 0 spiro atoms. The molecule has 0 saturated carbocycles. The molecule has 8 nitrogen and oxygen atoms in total. The first-order valence-electron chi connectivity index (χ1n) is 10.7. The fourth-order valence-electron chi connectivity index (χ4n) is 2.95. The van der Waals surface area contributed by atoms with Gasteiger partial charge in [0.15, 0.2) is 0 Å². The van der Waals surface area contributed by atoms with Crippen molar-refractivity contribution in [2.75, 3.05) is 22.0 Å². The summed E-state index contributed by atoms with van der Waals surface area (Å²) in [4.78, 5) is 24.5. The summed E-state index contributed by atoms with van der Waals surface area (Å²) in [6.45, 7) is 5.98. The van der Waals surface area contributed by atoms with Crippen molar-refractivity contribution in [1.82, 2.24) is 0 Å². The van der Waals surface area contributed by atoms with Crippen molar-refractivity contribution in [3.63, 3.8) is 0 Å². The Labute approximate surface area is 199 Å². The van der Waals surface area contributed by atoms with E-state index in [0.717, 1.165) is 5.56 Å². The van der Waals surface area contributed by atoms with Crippen LogP contribution in [0.2, 0.25) is 0 Å². The van der Waals surface area contributed by atoms with Crippen molar-refractivity contribution in [3.05, 3.63) is 83.9 Å². The molecule has 0 radical (unpaired) electrons. The number of carbonyl (C=O) groups excluding carboxylic acids is 2. The highest BCUT2D eigenvalue weighted by Crippen LogP contribution is 2.21. The van der Waals surface area contributed by atoms with E-state index in [1.165, 1.54) is 24.3 Å². The van der Waals surface area contributed by atoms with Gasteiger partial charge in [-0.05, 0) is 66.9 Å². The summed E-state index contributed by atoms with van der Waals surface area (Å²) in [5, 5.41) is 5.34. The van der Waals surface area contributed by atoms with E-state index in [9.17, 15) is 18.0 Å². The third-order valence-corrected chi connectivity index (χ3v) is 6.11. The number of ether oxygens (including phenoxy) is 1. The van der Waals surface area contributed by atoms with E-state index in [4.69, 9.17) is 4.74 Å². The number of anilines is 3. The van der Waals surface area contributed by atoms with Gasteiger partial charge in [-0.2, -0.15) is 0 Å². The number of hydrogen-bond acceptors (Lipinski definition) is 5. The minimum Gasteiger partial charge on any atom is -0.449 e. The third kappa shape index (κ3) is 6.82. The zero-order chi connectivity index (χ0) is 24.7. The molecule has 0 unspecified atom stereocenters. The maximum Gasteiger partial charge on any atom is 0.411 e. The first kappa shape index (κ1) is 24.8. The Balaban J connectivity index is 1.65. The van der Waals surface area contributed by atoms with Crippen molar-refractivity contribution < 1.29 is 22.7 Å². The van der Waals surface area contributed by atoms with E-state index >= 15 is 0 Å². The number of amides is 2. The quantitative estimate of drug-likeness (QED) is 0.406. The van der Waals surface area contributed by atoms with Gasteiger partial charge in [-0.15, -0.1) is 0 Å². The molecule has 0 atom stereocenters. The summed E-state index contributed by atoms with van der Waals surface area (Å²) in [6.07, 6.45) is -0.576. The fourth-order valence-corrected chi connectivity index (χ4v) is 4.08. The Morgan fingerprint density at radius 2 is 1.53 bits per heavy atom. The predicted octanol–water partition coefficient (Wildman–Crippen LogP) is 5.25. The fraction of sp³-hybridized carbons (Fsp3) is 0.200. The van der Waals surface area contributed by atoms with E-state index < -0.39 is 22.0 Å². The van der Waals surface area contributed by atoms with Crippen molar-refractivity contribution >= 4 is 39.1 Å². The molecule has 0 bridgehead atoms. The molecule has 3 N–H and O–H groups in total. The van der Waals surface area contributed by atoms with Gasteiger partial charge >= 0.3 is 6.09 Å². The van der Waals surface area contributed by atoms with E-state index in [0.29, 0.717) is 23.7 Å². The van der Waals surface area contributed by atoms with Gasteiger partial charge in [0.2, 0.25) is 0 Å². The Bertz CT molecular complexity index is 1270. The van der Waals surface area contributed by atoms with Gasteiger partial charge < -0.3 is 10.1 Å². The lowest BCUT2D eigenvalue weighted by molar-refractivity contribution is 0.102. The largest absolute Gasteiger partial charge is 0.449 e. The van der Waals surface area contributed by atoms with Gasteiger partial charge in [-0.3, -0.25) is 14.8 Å². The van der Waals surface area contributed by atoms with E-state index in [2.05, 4.69) is 15.4 Å². The maximum atomic E-state index is 12.7. The smallest absolute Gasteiger partial charge is 0.411 e. The van der Waals surface area contributed by atoms with Crippen LogP contribution in [0.4, 0.5) is 21.9 Å². The minimum atomic E-state index is -3.80. The number of rotatable bonds is 8. The summed E-state index contributed by atoms with van der Waals surface area (Å²) in [5.74, 6) is -0.202. The number of aryl methyl sites for hydroxylation is 1. The summed E-state index contributed by atoms with van der Waals surface area (Å²) in [5.41, 5.74) is 2.50. The molecular formula is C25H27N3O5S. The van der Waals surface area contributed by atoms with Crippen molar-refractivity contribution in [2.24, 2.45) is 5.92 Å². The average Bonchev–Trinajstić information content (AvgIpc) is 2.79. The van der Waals surface area contributed by atoms with Gasteiger partial charge in [0.1, 0.15) is 0 Å². The molecule has 0 aliphatic heterocycles. The van der Waals surface area contributed by atoms with Crippen LogP contribution in [0.1, 0.15) is 29.8 Å². The minimum absolute atomic E-state index is 0.0402. The van der Waals surface area contributed by atoms with Gasteiger partial charge in [0, 0.05) is 16.9 Å². The normalized spacial score (nSPS) is 11.1. The van der Waals surface area contributed by atoms with Crippen LogP contribution in [0.5, 0.6) is 0 Å². The molecule has 178 valence electrons. The van der Waals surface area contributed by atoms with Crippen LogP contribution in [0.15, 0.2) is 77.7 Å². The zero-order valence-electron chi connectivity index (χ0n) is 19.2. The van der Waals surface area contributed by atoms with Crippen LogP contribution in [-0.4, -0.2) is 27.0 Å². The lowest BCUT2D eigenvalue weighted by Gasteiger charge is -2.12. The van der Waals surface area contributed by atoms with Crippen LogP contribution >= 0.6 is 0 Å². The first-order chi connectivity index (χ1) is 16.1. The third-order valence-electron chi connectivity index (χ3n) is 4.73. The summed E-state index contributed by atoms with van der Waals surface area (Å²) in [7, 11) is -3.80. The Kier molecular flexibility index (Phi) is 7.91. The molecule has 0 saturated heterocycles. The Hall–Kier alpha value is -3.85. The number of para-hydroxylation sites is 1. The average molecular weight is 482 g/mol. The molecule has 3 aromatic carbocycles. The second-order valence-electron chi connectivity index (χ2n) is 8.10. The van der Waals surface area contributed by atoms with Crippen molar-refractivity contribution in [3.8, 4) is 0 Å². The first-order valence-corrected chi connectivity index (χ1v) is 12.2. The molecule has 3 rings (SSSR count). The van der Waals surface area contributed by atoms with E-state index in [1.807, 2.05) is 32.9 Å². The van der Waals surface area contributed by atoms with Crippen LogP contribution < -0.4 is 15.4 Å². The predicted molar refractivity (Wildman–Crippen MR) is 133 cm³/mol. The monoisotopic (exact) mass is 481 g/mol. The highest BCUT2D eigenvalue weighted by atomic mass is 32.2. The summed E-state index contributed by atoms with van der Waals surface area (Å²) < 4.78 is 33.0. The van der Waals surface area contributed by atoms with Crippen LogP contribution in [-0.2, 0) is 14.8 Å². The molecule has 34 heavy (non-hydrogen) atoms. The molecular weight excluding hydrogens is 454 g/mol. The highest BCUT2D eigenvalue weighted by molar-refractivity contribution is 7.92. The number of hydrogen-bond donors (Lipinski definition) is 3. The van der Waals surface area contributed by atoms with E-state index in [-0.39, 0.29) is 16.4 Å². The number of sulfonamides is 1. The lowest BCUT2D eigenvalue weighted by Crippen LogP contribution is -2.17. The van der Waals surface area contributed by atoms with Crippen LogP contribution in [0, 0.1) is 12.8 Å². The van der Waals surface area contributed by atoms with Gasteiger partial charge in [0.25, 0.3) is 15.9 Å². The highest BCUT2D eigenvalue weighted by Gasteiger charge is 2.16. The Morgan fingerprint density at radius 1 is 0.882 bits per heavy atom. The zero-order valence-corrected chi connectivity index (χ0v) is 20.0. The Morgan fingerprint density at radius 3 is 2.18 bits per heavy atom. The summed E-state index contributed by atoms with van der Waals surface area (Å²) in [6, 6.07) is 19.3. The SMILES string of the molecule is Cc1ccccc1NS(=O)(=O)c1ccc(C(=O)Nc2cccc(NC(=O)OCC(C)C)c2)cc1.